The van der Waals surface area contributed by atoms with Gasteiger partial charge in [0, 0.05) is 52.4 Å². The van der Waals surface area contributed by atoms with Crippen LogP contribution in [0.1, 0.15) is 30.4 Å². The number of β-amino-alcohol motifs (C(OH)–C–C–N with tert-alkyl or cyclic N) is 2. The fourth-order valence-electron chi connectivity index (χ4n) is 8.75. The number of piperidine rings is 1. The predicted molar refractivity (Wildman–Crippen MR) is 223 cm³/mol. The highest BCUT2D eigenvalue weighted by molar-refractivity contribution is 6.00. The molecule has 0 aliphatic carbocycles. The second-order valence-corrected chi connectivity index (χ2v) is 16.8. The maximum absolute atomic E-state index is 13.0. The number of amides is 4. The predicted octanol–water partition coefficient (Wildman–Crippen LogP) is -2.17. The molecule has 7 rings (SSSR count). The van der Waals surface area contributed by atoms with Crippen LogP contribution in [0.4, 0.5) is 9.59 Å². The van der Waals surface area contributed by atoms with E-state index in [0.29, 0.717) is 77.2 Å². The van der Waals surface area contributed by atoms with Crippen LogP contribution in [0.25, 0.3) is 0 Å². The molecule has 0 aromatic heterocycles. The molecule has 2 aromatic carbocycles. The fourth-order valence-corrected chi connectivity index (χ4v) is 8.75. The Kier molecular flexibility index (Phi) is 15.0. The van der Waals surface area contributed by atoms with Crippen LogP contribution < -0.4 is 52.4 Å². The van der Waals surface area contributed by atoms with Gasteiger partial charge in [0.25, 0.3) is 0 Å². The molecule has 5 heterocycles. The number of benzene rings is 2. The highest BCUT2D eigenvalue weighted by atomic mass is 16.7. The van der Waals surface area contributed by atoms with Crippen molar-refractivity contribution in [2.45, 2.75) is 85.8 Å². The second-order valence-electron chi connectivity index (χ2n) is 16.8. The summed E-state index contributed by atoms with van der Waals surface area (Å²) in [6, 6.07) is 13.7. The Morgan fingerprint density at radius 1 is 0.871 bits per heavy atom. The van der Waals surface area contributed by atoms with Gasteiger partial charge in [0.05, 0.1) is 19.2 Å². The van der Waals surface area contributed by atoms with Gasteiger partial charge in [-0.3, -0.25) is 14.5 Å². The van der Waals surface area contributed by atoms with E-state index in [4.69, 9.17) is 29.4 Å². The van der Waals surface area contributed by atoms with Crippen molar-refractivity contribution in [1.29, 1.82) is 0 Å². The maximum atomic E-state index is 13.0. The number of ether oxygens (including phenoxy) is 5. The molecule has 0 radical (unpaired) electrons. The van der Waals surface area contributed by atoms with Gasteiger partial charge >= 0.3 is 12.2 Å². The minimum absolute atomic E-state index is 0.0881. The van der Waals surface area contributed by atoms with E-state index in [2.05, 4.69) is 37.2 Å². The van der Waals surface area contributed by atoms with Gasteiger partial charge in [-0.15, -0.1) is 0 Å². The van der Waals surface area contributed by atoms with Crippen molar-refractivity contribution in [3.8, 4) is 11.5 Å². The number of methoxy groups -OCH3 is 1. The summed E-state index contributed by atoms with van der Waals surface area (Å²) in [5.74, 6) is 0.814. The molecule has 5 aliphatic rings. The number of nitrogens with one attached hydrogen (secondary N) is 7. The van der Waals surface area contributed by atoms with Gasteiger partial charge in [0.15, 0.2) is 6.79 Å². The molecular weight excluding hydrogens is 807 g/mol. The minimum Gasteiger partial charge on any atom is -0.497 e. The Morgan fingerprint density at radius 3 is 2.15 bits per heavy atom. The highest BCUT2D eigenvalue weighted by Gasteiger charge is 2.47. The van der Waals surface area contributed by atoms with Gasteiger partial charge in [0.1, 0.15) is 53.1 Å². The third-order valence-electron chi connectivity index (χ3n) is 12.4. The van der Waals surface area contributed by atoms with Gasteiger partial charge in [-0.2, -0.15) is 0 Å². The van der Waals surface area contributed by atoms with E-state index in [1.807, 2.05) is 41.3 Å². The molecule has 2 aromatic rings. The quantitative estimate of drug-likeness (QED) is 0.0715. The van der Waals surface area contributed by atoms with Crippen LogP contribution in [0.5, 0.6) is 11.5 Å². The smallest absolute Gasteiger partial charge is 0.407 e. The Bertz CT molecular complexity index is 1830. The summed E-state index contributed by atoms with van der Waals surface area (Å²) < 4.78 is 28.9. The molecule has 340 valence electrons. The van der Waals surface area contributed by atoms with Crippen molar-refractivity contribution in [3.05, 3.63) is 59.7 Å². The van der Waals surface area contributed by atoms with Crippen molar-refractivity contribution < 1.29 is 53.1 Å². The monoisotopic (exact) mass is 867 g/mol. The molecule has 4 amide bonds. The molecule has 20 nitrogen and oxygen atoms in total. The van der Waals surface area contributed by atoms with Crippen LogP contribution in [0.2, 0.25) is 0 Å². The van der Waals surface area contributed by atoms with Gasteiger partial charge in [-0.25, -0.2) is 9.59 Å². The van der Waals surface area contributed by atoms with Gasteiger partial charge in [-0.05, 0) is 80.6 Å². The lowest BCUT2D eigenvalue weighted by molar-refractivity contribution is -0.142. The molecule has 5 aliphatic heterocycles. The number of alkyl carbamates (subject to hydrolysis) is 2. The van der Waals surface area contributed by atoms with E-state index in [-0.39, 0.29) is 56.7 Å². The lowest BCUT2D eigenvalue weighted by Crippen LogP contribution is -2.71. The number of carbonyl (C=O) groups excluding carboxylic acids is 4. The Hall–Kier alpha value is -4.80. The molecule has 62 heavy (non-hydrogen) atoms. The van der Waals surface area contributed by atoms with Crippen molar-refractivity contribution in [2.75, 3.05) is 79.4 Å². The Morgan fingerprint density at radius 2 is 1.48 bits per heavy atom. The normalized spacial score (nSPS) is 27.7. The van der Waals surface area contributed by atoms with Crippen molar-refractivity contribution in [1.82, 2.24) is 42.1 Å². The number of nitrogens with two attached hydrogens (primary N) is 1. The number of likely N-dealkylation sites (tertiary alicyclic amines) is 1. The standard InChI is InChI=1S/C42H61N9O11/c1-58-28-6-2-26(3-7-28)19-32-36(62-40(56)46-16-17-51-23-41(57,22-43)24-51)34(21-48-32)60-25-59-29-8-4-27(5-9-29)18-31-35(33(52)20-47-31)61-39(55)45-13-10-30-37(53)50-42(38(54)49-30)11-14-44-15-12-42/h2-9,30-36,44,47-48,52,57H,10-25,43H2,1H3,(H,45,55)(H,46,56)(H,49,54)(H,50,53)/t30-,31+,32+,33-,34-,35-,36-/m0/s1. The number of aliphatic hydroxyl groups excluding tert-OH is 1. The van der Waals surface area contributed by atoms with Crippen LogP contribution >= 0.6 is 0 Å². The van der Waals surface area contributed by atoms with E-state index < -0.39 is 53.8 Å². The molecule has 0 saturated carbocycles. The Balaban J connectivity index is 0.848. The molecule has 0 unspecified atom stereocenters. The molecule has 0 bridgehead atoms. The molecular formula is C42H61N9O11. The van der Waals surface area contributed by atoms with Crippen LogP contribution in [0, 0.1) is 0 Å². The summed E-state index contributed by atoms with van der Waals surface area (Å²) in [7, 11) is 1.61. The topological polar surface area (TPSA) is 268 Å². The van der Waals surface area contributed by atoms with E-state index in [9.17, 15) is 29.4 Å². The van der Waals surface area contributed by atoms with Gasteiger partial charge in [-0.1, -0.05) is 24.3 Å². The first-order valence-corrected chi connectivity index (χ1v) is 21.4. The van der Waals surface area contributed by atoms with Crippen LogP contribution in [0.15, 0.2) is 48.5 Å². The zero-order valence-corrected chi connectivity index (χ0v) is 35.1. The number of hydrogen-bond donors (Lipinski definition) is 10. The third kappa shape index (κ3) is 11.4. The van der Waals surface area contributed by atoms with Crippen molar-refractivity contribution in [3.63, 3.8) is 0 Å². The number of hydrogen-bond acceptors (Lipinski definition) is 16. The zero-order valence-electron chi connectivity index (χ0n) is 35.1. The number of piperazine rings is 1. The van der Waals surface area contributed by atoms with E-state index >= 15 is 0 Å². The van der Waals surface area contributed by atoms with Crippen molar-refractivity contribution >= 4 is 24.0 Å². The molecule has 1 spiro atoms. The number of aliphatic hydroxyl groups is 2. The average Bonchev–Trinajstić information content (AvgIpc) is 3.80. The van der Waals surface area contributed by atoms with Crippen LogP contribution in [-0.2, 0) is 36.6 Å². The SMILES string of the molecule is COc1ccc(C[C@H]2NC[C@H](OCOc3ccc(C[C@H]4NC[C@H](O)[C@H]4OC(=O)NCC[C@@H]4NC(=O)C5(CCNCC5)NC4=O)cc3)[C@H]2OC(=O)NCCN2CC(O)(CN)C2)cc1. The summed E-state index contributed by atoms with van der Waals surface area (Å²) in [6.45, 7) is 3.97. The average molecular weight is 868 g/mol. The second kappa shape index (κ2) is 20.6. The Labute approximate surface area is 360 Å². The summed E-state index contributed by atoms with van der Waals surface area (Å²) >= 11 is 0. The van der Waals surface area contributed by atoms with Gasteiger partial charge < -0.3 is 76.8 Å². The number of rotatable bonds is 18. The fraction of sp³-hybridized carbons (Fsp3) is 0.619. The minimum atomic E-state index is -0.917. The first-order valence-electron chi connectivity index (χ1n) is 21.4. The van der Waals surface area contributed by atoms with E-state index in [1.54, 1.807) is 19.2 Å². The molecule has 5 fully saturated rings. The molecule has 11 N–H and O–H groups in total. The lowest BCUT2D eigenvalue weighted by atomic mass is 9.84. The van der Waals surface area contributed by atoms with Gasteiger partial charge in [0.2, 0.25) is 11.8 Å². The van der Waals surface area contributed by atoms with Crippen LogP contribution in [0.3, 0.4) is 0 Å². The lowest BCUT2D eigenvalue weighted by Gasteiger charge is -2.45. The third-order valence-corrected chi connectivity index (χ3v) is 12.4. The van der Waals surface area contributed by atoms with E-state index in [1.165, 1.54) is 0 Å². The summed E-state index contributed by atoms with van der Waals surface area (Å²) in [4.78, 5) is 53.3. The first kappa shape index (κ1) is 45.2. The highest BCUT2D eigenvalue weighted by Crippen LogP contribution is 2.25. The summed E-state index contributed by atoms with van der Waals surface area (Å²) in [5.41, 5.74) is 5.82. The first-order chi connectivity index (χ1) is 29.9. The zero-order chi connectivity index (χ0) is 43.7. The van der Waals surface area contributed by atoms with E-state index in [0.717, 1.165) is 16.9 Å². The number of nitrogens with zero attached hydrogens (tertiary/aromatic N) is 1. The largest absolute Gasteiger partial charge is 0.497 e. The molecule has 20 heteroatoms. The maximum Gasteiger partial charge on any atom is 0.407 e. The van der Waals surface area contributed by atoms with Crippen molar-refractivity contribution in [2.24, 2.45) is 5.73 Å². The summed E-state index contributed by atoms with van der Waals surface area (Å²) in [5, 5.41) is 41.8. The number of carbonyl (C=O) groups is 4. The summed E-state index contributed by atoms with van der Waals surface area (Å²) in [6.07, 6.45) is -1.88. The molecule has 7 atom stereocenters. The van der Waals surface area contributed by atoms with Crippen LogP contribution in [-0.4, -0.2) is 172 Å². The molecule has 5 saturated heterocycles.